The van der Waals surface area contributed by atoms with Crippen molar-refractivity contribution in [2.24, 2.45) is 0 Å². The lowest BCUT2D eigenvalue weighted by atomic mass is 9.97. The molecular formula is C27H29NO6S. The van der Waals surface area contributed by atoms with Crippen LogP contribution >= 0.6 is 0 Å². The molecule has 1 amide bonds. The van der Waals surface area contributed by atoms with Crippen LogP contribution in [0, 0.1) is 6.92 Å². The number of aryl methyl sites for hydroxylation is 1. The maximum atomic E-state index is 13.7. The van der Waals surface area contributed by atoms with Crippen LogP contribution in [0.25, 0.3) is 11.0 Å². The lowest BCUT2D eigenvalue weighted by Gasteiger charge is -2.30. The summed E-state index contributed by atoms with van der Waals surface area (Å²) in [5.74, 6) is 0.104. The first-order valence-electron chi connectivity index (χ1n) is 12.1. The Labute approximate surface area is 204 Å². The predicted octanol–water partition coefficient (Wildman–Crippen LogP) is 4.40. The van der Waals surface area contributed by atoms with E-state index in [1.807, 2.05) is 37.3 Å². The van der Waals surface area contributed by atoms with Gasteiger partial charge in [-0.2, -0.15) is 0 Å². The number of hydrogen-bond acceptors (Lipinski definition) is 6. The number of hydrogen-bond donors (Lipinski definition) is 0. The molecule has 2 aliphatic heterocycles. The van der Waals surface area contributed by atoms with Gasteiger partial charge in [-0.15, -0.1) is 0 Å². The van der Waals surface area contributed by atoms with Gasteiger partial charge in [0.15, 0.2) is 15.3 Å². The molecule has 2 atom stereocenters. The fourth-order valence-electron chi connectivity index (χ4n) is 5.12. The molecule has 2 aliphatic rings. The minimum atomic E-state index is -3.26. The first kappa shape index (κ1) is 23.6. The van der Waals surface area contributed by atoms with E-state index in [2.05, 4.69) is 6.92 Å². The first-order valence-corrected chi connectivity index (χ1v) is 13.9. The van der Waals surface area contributed by atoms with Gasteiger partial charge < -0.3 is 14.1 Å². The summed E-state index contributed by atoms with van der Waals surface area (Å²) in [6.45, 7) is 4.60. The van der Waals surface area contributed by atoms with Crippen LogP contribution in [0.1, 0.15) is 65.9 Å². The van der Waals surface area contributed by atoms with Gasteiger partial charge >= 0.3 is 0 Å². The molecular weight excluding hydrogens is 466 g/mol. The van der Waals surface area contributed by atoms with Crippen LogP contribution < -0.4 is 10.2 Å². The van der Waals surface area contributed by atoms with E-state index < -0.39 is 27.8 Å². The molecule has 5 rings (SSSR count). The van der Waals surface area contributed by atoms with Gasteiger partial charge in [0.25, 0.3) is 5.91 Å². The van der Waals surface area contributed by atoms with Crippen molar-refractivity contribution in [3.05, 3.63) is 75.1 Å². The third-order valence-corrected chi connectivity index (χ3v) is 8.60. The zero-order chi connectivity index (χ0) is 24.7. The highest BCUT2D eigenvalue weighted by molar-refractivity contribution is 7.91. The van der Waals surface area contributed by atoms with E-state index in [1.54, 1.807) is 17.0 Å². The summed E-state index contributed by atoms with van der Waals surface area (Å²) < 4.78 is 36.5. The van der Waals surface area contributed by atoms with E-state index in [9.17, 15) is 18.0 Å². The number of fused-ring (bicyclic) bond motifs is 2. The zero-order valence-electron chi connectivity index (χ0n) is 20.0. The Morgan fingerprint density at radius 1 is 1.11 bits per heavy atom. The Morgan fingerprint density at radius 3 is 2.69 bits per heavy atom. The molecule has 1 fully saturated rings. The molecule has 8 heteroatoms. The summed E-state index contributed by atoms with van der Waals surface area (Å²) in [4.78, 5) is 28.9. The van der Waals surface area contributed by atoms with E-state index >= 15 is 0 Å². The van der Waals surface area contributed by atoms with Crippen LogP contribution in [-0.4, -0.2) is 43.4 Å². The first-order chi connectivity index (χ1) is 16.8. The quantitative estimate of drug-likeness (QED) is 0.451. The molecule has 1 aromatic heterocycles. The second kappa shape index (κ2) is 9.15. The van der Waals surface area contributed by atoms with Crippen LogP contribution in [0.3, 0.4) is 0 Å². The van der Waals surface area contributed by atoms with Crippen LogP contribution in [0.5, 0.6) is 5.75 Å². The molecule has 0 bridgehead atoms. The Bertz CT molecular complexity index is 1460. The molecule has 0 radical (unpaired) electrons. The molecule has 2 aromatic carbocycles. The monoisotopic (exact) mass is 495 g/mol. The molecule has 184 valence electrons. The topological polar surface area (TPSA) is 93.9 Å². The van der Waals surface area contributed by atoms with Gasteiger partial charge in [0.05, 0.1) is 35.1 Å². The summed E-state index contributed by atoms with van der Waals surface area (Å²) in [6, 6.07) is 11.4. The van der Waals surface area contributed by atoms with Crippen LogP contribution in [0.2, 0.25) is 0 Å². The van der Waals surface area contributed by atoms with E-state index in [0.29, 0.717) is 35.3 Å². The predicted molar refractivity (Wildman–Crippen MR) is 134 cm³/mol. The normalized spacial score (nSPS) is 21.0. The van der Waals surface area contributed by atoms with Crippen LogP contribution in [-0.2, 0) is 9.84 Å². The zero-order valence-corrected chi connectivity index (χ0v) is 20.8. The Morgan fingerprint density at radius 2 is 1.94 bits per heavy atom. The van der Waals surface area contributed by atoms with E-state index in [4.69, 9.17) is 9.15 Å². The maximum absolute atomic E-state index is 13.7. The van der Waals surface area contributed by atoms with Crippen molar-refractivity contribution in [1.82, 2.24) is 4.90 Å². The smallest absolute Gasteiger partial charge is 0.291 e. The highest BCUT2D eigenvalue weighted by Crippen LogP contribution is 2.42. The number of carbonyl (C=O) groups is 1. The Balaban J connectivity index is 1.63. The van der Waals surface area contributed by atoms with Crippen molar-refractivity contribution in [3.63, 3.8) is 0 Å². The molecule has 3 aromatic rings. The van der Waals surface area contributed by atoms with Crippen molar-refractivity contribution < 1.29 is 22.4 Å². The summed E-state index contributed by atoms with van der Waals surface area (Å²) >= 11 is 0. The molecule has 7 nitrogen and oxygen atoms in total. The lowest BCUT2D eigenvalue weighted by molar-refractivity contribution is 0.0662. The Hall–Kier alpha value is -3.13. The highest BCUT2D eigenvalue weighted by Gasteiger charge is 2.48. The van der Waals surface area contributed by atoms with E-state index in [1.165, 1.54) is 0 Å². The molecule has 0 spiro atoms. The fourth-order valence-corrected chi connectivity index (χ4v) is 6.83. The van der Waals surface area contributed by atoms with Crippen molar-refractivity contribution in [2.75, 3.05) is 18.1 Å². The lowest BCUT2D eigenvalue weighted by Crippen LogP contribution is -2.40. The molecule has 35 heavy (non-hydrogen) atoms. The minimum Gasteiger partial charge on any atom is -0.494 e. The van der Waals surface area contributed by atoms with Gasteiger partial charge in [0, 0.05) is 6.04 Å². The Kier molecular flexibility index (Phi) is 6.17. The second-order valence-electron chi connectivity index (χ2n) is 9.47. The summed E-state index contributed by atoms with van der Waals surface area (Å²) in [7, 11) is -3.26. The van der Waals surface area contributed by atoms with Crippen molar-refractivity contribution in [1.29, 1.82) is 0 Å². The summed E-state index contributed by atoms with van der Waals surface area (Å²) in [6.07, 6.45) is 3.43. The fraction of sp³-hybridized carbons (Fsp3) is 0.407. The number of unbranched alkanes of at least 4 members (excludes halogenated alkanes) is 2. The van der Waals surface area contributed by atoms with Crippen molar-refractivity contribution >= 4 is 26.7 Å². The number of ether oxygens (including phenoxy) is 1. The SMILES string of the molecule is CCCCCOc1cccc(C2c3c(oc4ccc(C)cc4c3=O)C(=O)N2C2CCS(=O)(=O)C2)c1. The summed E-state index contributed by atoms with van der Waals surface area (Å²) in [5.41, 5.74) is 1.96. The van der Waals surface area contributed by atoms with E-state index in [-0.39, 0.29) is 28.3 Å². The van der Waals surface area contributed by atoms with Crippen molar-refractivity contribution in [2.45, 2.75) is 51.6 Å². The number of rotatable bonds is 7. The third-order valence-electron chi connectivity index (χ3n) is 6.85. The van der Waals surface area contributed by atoms with Crippen molar-refractivity contribution in [3.8, 4) is 5.75 Å². The number of sulfone groups is 1. The number of carbonyl (C=O) groups excluding carboxylic acids is 1. The minimum absolute atomic E-state index is 0.00471. The molecule has 3 heterocycles. The van der Waals surface area contributed by atoms with Gasteiger partial charge in [-0.3, -0.25) is 9.59 Å². The third kappa shape index (κ3) is 4.35. The standard InChI is InChI=1S/C27H29NO6S/c1-3-4-5-12-33-20-8-6-7-18(15-20)24-23-25(29)21-14-17(2)9-10-22(21)34-26(23)27(30)28(24)19-11-13-35(31,32)16-19/h6-10,14-15,19,24H,3-5,11-13,16H2,1-2H3. The molecule has 0 aliphatic carbocycles. The average molecular weight is 496 g/mol. The average Bonchev–Trinajstić information content (AvgIpc) is 3.34. The number of amides is 1. The molecule has 2 unspecified atom stereocenters. The van der Waals surface area contributed by atoms with Gasteiger partial charge in [0.1, 0.15) is 11.3 Å². The van der Waals surface area contributed by atoms with Gasteiger partial charge in [-0.1, -0.05) is 43.5 Å². The molecule has 0 N–H and O–H groups in total. The van der Waals surface area contributed by atoms with Crippen LogP contribution in [0.15, 0.2) is 51.7 Å². The molecule has 0 saturated carbocycles. The highest BCUT2D eigenvalue weighted by atomic mass is 32.2. The maximum Gasteiger partial charge on any atom is 0.291 e. The largest absolute Gasteiger partial charge is 0.494 e. The summed E-state index contributed by atoms with van der Waals surface area (Å²) in [5, 5.41) is 0.411. The molecule has 1 saturated heterocycles. The van der Waals surface area contributed by atoms with E-state index in [0.717, 1.165) is 24.8 Å². The van der Waals surface area contributed by atoms with Gasteiger partial charge in [-0.05, 0) is 49.6 Å². The number of benzene rings is 2. The number of nitrogens with zero attached hydrogens (tertiary/aromatic N) is 1. The second-order valence-corrected chi connectivity index (χ2v) is 11.7. The van der Waals surface area contributed by atoms with Gasteiger partial charge in [-0.25, -0.2) is 8.42 Å². The van der Waals surface area contributed by atoms with Crippen LogP contribution in [0.4, 0.5) is 0 Å². The van der Waals surface area contributed by atoms with Gasteiger partial charge in [0.2, 0.25) is 5.76 Å².